The number of nitrogens with one attached hydrogen (secondary N) is 1. The Morgan fingerprint density at radius 3 is 2.42 bits per heavy atom. The predicted molar refractivity (Wildman–Crippen MR) is 91.4 cm³/mol. The fourth-order valence-corrected chi connectivity index (χ4v) is 2.96. The van der Waals surface area contributed by atoms with Gasteiger partial charge in [-0.15, -0.1) is 11.3 Å². The number of aryl methyl sites for hydroxylation is 1. The topological polar surface area (TPSA) is 45.9 Å². The van der Waals surface area contributed by atoms with Crippen LogP contribution >= 0.6 is 11.3 Å². The van der Waals surface area contributed by atoms with Gasteiger partial charge >= 0.3 is 0 Å². The Labute approximate surface area is 151 Å². The monoisotopic (exact) mass is 359 g/mol. The number of halogens is 1. The first kappa shape index (κ1) is 18.1. The van der Waals surface area contributed by atoms with Crippen molar-refractivity contribution in [1.29, 1.82) is 0 Å². The number of hydrogen-bond acceptors (Lipinski definition) is 3. The number of anilines is 1. The number of carbonyl (C=O) groups excluding carboxylic acids is 1. The van der Waals surface area contributed by atoms with Crippen molar-refractivity contribution in [2.75, 3.05) is 5.32 Å². The van der Waals surface area contributed by atoms with E-state index in [4.69, 9.17) is 0 Å². The van der Waals surface area contributed by atoms with Gasteiger partial charge in [0.05, 0.1) is 0 Å². The summed E-state index contributed by atoms with van der Waals surface area (Å²) in [7, 11) is 0. The number of amides is 1. The molecule has 1 aromatic carbocycles. The lowest BCUT2D eigenvalue weighted by atomic mass is 10.1. The van der Waals surface area contributed by atoms with Gasteiger partial charge in [-0.1, -0.05) is 30.3 Å². The van der Waals surface area contributed by atoms with E-state index in [1.807, 2.05) is 54.2 Å². The maximum absolute atomic E-state index is 12.0. The third kappa shape index (κ3) is 5.15. The van der Waals surface area contributed by atoms with Gasteiger partial charge in [0.1, 0.15) is 0 Å². The number of hydrogen-bond donors (Lipinski definition) is 1. The Balaban J connectivity index is 0.00000208. The van der Waals surface area contributed by atoms with Crippen LogP contribution in [0, 0.1) is 6.92 Å². The van der Waals surface area contributed by atoms with Gasteiger partial charge in [0.15, 0.2) is 17.5 Å². The molecule has 4 nitrogen and oxygen atoms in total. The van der Waals surface area contributed by atoms with Crippen molar-refractivity contribution in [3.8, 4) is 0 Å². The number of carbonyl (C=O) groups is 1. The third-order valence-corrected chi connectivity index (χ3v) is 4.23. The van der Waals surface area contributed by atoms with Crippen molar-refractivity contribution in [2.45, 2.75) is 19.9 Å². The second-order valence-electron chi connectivity index (χ2n) is 5.37. The van der Waals surface area contributed by atoms with Crippen molar-refractivity contribution in [1.82, 2.24) is 4.98 Å². The molecule has 124 valence electrons. The molecular formula is C18H18ClN3OS. The van der Waals surface area contributed by atoms with E-state index in [0.717, 1.165) is 11.3 Å². The van der Waals surface area contributed by atoms with Gasteiger partial charge < -0.3 is 12.4 Å². The molecule has 3 rings (SSSR count). The van der Waals surface area contributed by atoms with Crippen molar-refractivity contribution < 1.29 is 21.8 Å². The lowest BCUT2D eigenvalue weighted by Crippen LogP contribution is -3.00. The number of nitrogens with zero attached hydrogens (tertiary/aromatic N) is 2. The number of benzene rings is 1. The van der Waals surface area contributed by atoms with E-state index in [0.29, 0.717) is 5.13 Å². The molecule has 0 bridgehead atoms. The maximum atomic E-state index is 12.0. The highest BCUT2D eigenvalue weighted by Gasteiger charge is 2.11. The molecule has 1 N–H and O–H groups in total. The second kappa shape index (κ2) is 8.57. The Hall–Kier alpha value is -2.24. The minimum Gasteiger partial charge on any atom is -1.00 e. The Morgan fingerprint density at radius 1 is 1.12 bits per heavy atom. The highest BCUT2D eigenvalue weighted by Crippen LogP contribution is 2.16. The minimum atomic E-state index is -0.0693. The first-order valence-corrected chi connectivity index (χ1v) is 8.25. The average molecular weight is 360 g/mol. The molecule has 0 unspecified atom stereocenters. The summed E-state index contributed by atoms with van der Waals surface area (Å²) in [5.74, 6) is -0.0693. The summed E-state index contributed by atoms with van der Waals surface area (Å²) in [5.41, 5.74) is 2.51. The second-order valence-corrected chi connectivity index (χ2v) is 6.60. The molecule has 0 atom stereocenters. The molecule has 1 amide bonds. The van der Waals surface area contributed by atoms with E-state index in [2.05, 4.69) is 22.4 Å². The first-order chi connectivity index (χ1) is 11.2. The molecule has 3 aromatic rings. The normalized spacial score (nSPS) is 10.0. The third-order valence-electron chi connectivity index (χ3n) is 3.41. The summed E-state index contributed by atoms with van der Waals surface area (Å²) in [4.78, 5) is 17.2. The van der Waals surface area contributed by atoms with E-state index < -0.39 is 0 Å². The van der Waals surface area contributed by atoms with Crippen LogP contribution in [0.15, 0.2) is 61.1 Å². The molecule has 2 heterocycles. The van der Waals surface area contributed by atoms with Crippen LogP contribution in [-0.4, -0.2) is 10.9 Å². The fourth-order valence-electron chi connectivity index (χ4n) is 2.28. The molecule has 0 saturated heterocycles. The van der Waals surface area contributed by atoms with Crippen LogP contribution in [0.1, 0.15) is 16.0 Å². The predicted octanol–water partition coefficient (Wildman–Crippen LogP) is -0.0275. The standard InChI is InChI=1S/C18H17N3OS.ClH/c1-14-12-19-18(23-14)20-17(22)13-21-9-7-16(8-10-21)11-15-5-3-2-4-6-15;/h2-10,12H,11,13H2,1H3;1H. The van der Waals surface area contributed by atoms with Crippen LogP contribution in [0.25, 0.3) is 0 Å². The molecule has 6 heteroatoms. The van der Waals surface area contributed by atoms with Crippen LogP contribution in [0.2, 0.25) is 0 Å². The Kier molecular flexibility index (Phi) is 6.46. The highest BCUT2D eigenvalue weighted by atomic mass is 35.5. The summed E-state index contributed by atoms with van der Waals surface area (Å²) >= 11 is 1.48. The van der Waals surface area contributed by atoms with Gasteiger partial charge in [0.25, 0.3) is 5.91 Å². The van der Waals surface area contributed by atoms with Crippen molar-refractivity contribution in [2.24, 2.45) is 0 Å². The summed E-state index contributed by atoms with van der Waals surface area (Å²) in [6.45, 7) is 2.25. The maximum Gasteiger partial charge on any atom is 0.292 e. The SMILES string of the molecule is Cc1cnc(NC(=O)C[n+]2ccc(Cc3ccccc3)cc2)s1.[Cl-]. The zero-order chi connectivity index (χ0) is 16.1. The lowest BCUT2D eigenvalue weighted by molar-refractivity contribution is -0.684. The van der Waals surface area contributed by atoms with E-state index in [1.165, 1.54) is 22.5 Å². The summed E-state index contributed by atoms with van der Waals surface area (Å²) in [6, 6.07) is 14.4. The van der Waals surface area contributed by atoms with E-state index in [9.17, 15) is 4.79 Å². The lowest BCUT2D eigenvalue weighted by Gasteiger charge is -2.02. The smallest absolute Gasteiger partial charge is 0.292 e. The molecule has 0 radical (unpaired) electrons. The van der Waals surface area contributed by atoms with Crippen LogP contribution in [0.5, 0.6) is 0 Å². The molecule has 24 heavy (non-hydrogen) atoms. The van der Waals surface area contributed by atoms with Gasteiger partial charge in [-0.2, -0.15) is 4.57 Å². The zero-order valence-corrected chi connectivity index (χ0v) is 14.8. The average Bonchev–Trinajstić information content (AvgIpc) is 2.95. The van der Waals surface area contributed by atoms with Gasteiger partial charge in [-0.25, -0.2) is 4.98 Å². The quantitative estimate of drug-likeness (QED) is 0.650. The largest absolute Gasteiger partial charge is 1.00 e. The van der Waals surface area contributed by atoms with Crippen LogP contribution in [0.3, 0.4) is 0 Å². The van der Waals surface area contributed by atoms with Crippen LogP contribution < -0.4 is 22.3 Å². The molecule has 0 spiro atoms. The first-order valence-electron chi connectivity index (χ1n) is 7.43. The van der Waals surface area contributed by atoms with Crippen LogP contribution in [0.4, 0.5) is 5.13 Å². The number of rotatable bonds is 5. The summed E-state index contributed by atoms with van der Waals surface area (Å²) in [5, 5.41) is 3.46. The van der Waals surface area contributed by atoms with Gasteiger partial charge in [-0.05, 0) is 24.5 Å². The van der Waals surface area contributed by atoms with E-state index in [-0.39, 0.29) is 24.9 Å². The molecule has 2 aromatic heterocycles. The van der Waals surface area contributed by atoms with E-state index >= 15 is 0 Å². The van der Waals surface area contributed by atoms with Crippen molar-refractivity contribution in [3.05, 3.63) is 77.1 Å². The molecule has 0 aliphatic heterocycles. The van der Waals surface area contributed by atoms with Crippen molar-refractivity contribution in [3.63, 3.8) is 0 Å². The van der Waals surface area contributed by atoms with E-state index in [1.54, 1.807) is 6.20 Å². The molecule has 0 saturated carbocycles. The molecule has 0 aliphatic carbocycles. The molecule has 0 aliphatic rings. The highest BCUT2D eigenvalue weighted by molar-refractivity contribution is 7.15. The molecule has 0 fully saturated rings. The van der Waals surface area contributed by atoms with Gasteiger partial charge in [0.2, 0.25) is 6.54 Å². The Morgan fingerprint density at radius 2 is 1.79 bits per heavy atom. The summed E-state index contributed by atoms with van der Waals surface area (Å²) in [6.07, 6.45) is 6.52. The zero-order valence-electron chi connectivity index (χ0n) is 13.3. The van der Waals surface area contributed by atoms with Gasteiger partial charge in [0, 0.05) is 23.2 Å². The number of thiazole rings is 1. The fraction of sp³-hybridized carbons (Fsp3) is 0.167. The van der Waals surface area contributed by atoms with Crippen LogP contribution in [-0.2, 0) is 17.8 Å². The summed E-state index contributed by atoms with van der Waals surface area (Å²) < 4.78 is 1.87. The number of pyridine rings is 1. The minimum absolute atomic E-state index is 0. The van der Waals surface area contributed by atoms with Gasteiger partial charge in [-0.3, -0.25) is 10.1 Å². The molecular weight excluding hydrogens is 342 g/mol. The Bertz CT molecular complexity index is 788. The van der Waals surface area contributed by atoms with Crippen molar-refractivity contribution >= 4 is 22.4 Å². The number of aromatic nitrogens is 2.